The Balaban J connectivity index is 0.720. The molecule has 5 aromatic rings. The number of azide groups is 2. The van der Waals surface area contributed by atoms with Gasteiger partial charge in [0.1, 0.15) is 31.6 Å². The molecule has 7 atom stereocenters. The van der Waals surface area contributed by atoms with Gasteiger partial charge in [0.15, 0.2) is 5.71 Å². The molecule has 7 N–H and O–H groups in total. The number of H-pyrrole nitrogens is 1. The quantitative estimate of drug-likeness (QED) is 0.00163. The summed E-state index contributed by atoms with van der Waals surface area (Å²) in [4.78, 5) is 119. The summed E-state index contributed by atoms with van der Waals surface area (Å²) in [7, 11) is -21.9. The van der Waals surface area contributed by atoms with Crippen molar-refractivity contribution < 1.29 is 116 Å². The highest BCUT2D eigenvalue weighted by molar-refractivity contribution is 7.85. The number of unbranched alkanes of at least 4 members (excludes halogenated alkanes) is 2. The zero-order valence-corrected chi connectivity index (χ0v) is 65.2. The number of nitrogens with zero attached hydrogens (tertiary/aromatic N) is 9. The molecule has 1 aromatic heterocycles. The Bertz CT molecular complexity index is 4820. The Hall–Kier alpha value is -8.64. The van der Waals surface area contributed by atoms with Gasteiger partial charge in [0, 0.05) is 76.3 Å². The van der Waals surface area contributed by atoms with Crippen LogP contribution in [0.5, 0.6) is 0 Å². The van der Waals surface area contributed by atoms with E-state index < -0.39 is 112 Å². The summed E-state index contributed by atoms with van der Waals surface area (Å²) in [5, 5.41) is 7.33. The van der Waals surface area contributed by atoms with Crippen LogP contribution in [0.15, 0.2) is 152 Å². The number of nitrogens with one attached hydrogen (secondary N) is 2. The second-order valence-electron chi connectivity index (χ2n) is 26.4. The highest BCUT2D eigenvalue weighted by Gasteiger charge is 2.47. The van der Waals surface area contributed by atoms with E-state index in [9.17, 15) is 66.0 Å². The number of hydroxylamine groups is 1. The van der Waals surface area contributed by atoms with Crippen molar-refractivity contribution in [2.75, 3.05) is 77.4 Å². The molecule has 1 fully saturated rings. The molecule has 0 spiro atoms. The minimum atomic E-state index is -5.98. The number of esters is 2. The molecule has 1 saturated heterocycles. The second kappa shape index (κ2) is 39.7. The first-order valence-electron chi connectivity index (χ1n) is 35.0. The van der Waals surface area contributed by atoms with Gasteiger partial charge in [-0.1, -0.05) is 105 Å². The van der Waals surface area contributed by atoms with Crippen LogP contribution < -0.4 is 21.6 Å². The first-order valence-corrected chi connectivity index (χ1v) is 40.9. The first kappa shape index (κ1) is 87.9. The molecule has 37 nitrogen and oxygen atoms in total. The second-order valence-corrected chi connectivity index (χ2v) is 32.3. The maximum absolute atomic E-state index is 13.7. The van der Waals surface area contributed by atoms with Gasteiger partial charge in [0.2, 0.25) is 5.69 Å². The molecule has 0 radical (unpaired) electrons. The molecule has 600 valence electrons. The van der Waals surface area contributed by atoms with Crippen molar-refractivity contribution in [3.05, 3.63) is 213 Å². The molecule has 0 bridgehead atoms. The number of carbonyl (C=O) groups excluding carboxylic acids is 3. The zero-order chi connectivity index (χ0) is 80.9. The van der Waals surface area contributed by atoms with Crippen LogP contribution in [0.2, 0.25) is 0 Å². The summed E-state index contributed by atoms with van der Waals surface area (Å²) in [6.45, 7) is 15.1. The van der Waals surface area contributed by atoms with Crippen LogP contribution >= 0.6 is 23.5 Å². The third-order valence-electron chi connectivity index (χ3n) is 18.0. The molecule has 0 aliphatic carbocycles. The van der Waals surface area contributed by atoms with Crippen molar-refractivity contribution in [1.29, 1.82) is 0 Å². The number of allylic oxidation sites excluding steroid dienone is 6. The number of phosphoric acid groups is 3. The number of aromatic amines is 1. The first-order chi connectivity index (χ1) is 52.6. The fourth-order valence-corrected chi connectivity index (χ4v) is 16.2. The van der Waals surface area contributed by atoms with Crippen molar-refractivity contribution in [2.45, 2.75) is 140 Å². The van der Waals surface area contributed by atoms with Crippen LogP contribution in [-0.4, -0.2) is 155 Å². The number of rotatable bonds is 43. The third-order valence-corrected chi connectivity index (χ3v) is 22.7. The van der Waals surface area contributed by atoms with E-state index in [2.05, 4.69) is 80.7 Å². The number of carbonyl (C=O) groups is 3. The molecular formula is C70H89N11O26P3S+. The topological polar surface area (TPSA) is 510 Å². The molecule has 4 heterocycles. The van der Waals surface area contributed by atoms with Crippen molar-refractivity contribution in [3.63, 3.8) is 0 Å². The van der Waals surface area contributed by atoms with Gasteiger partial charge in [0.25, 0.3) is 15.7 Å². The van der Waals surface area contributed by atoms with Crippen LogP contribution in [-0.2, 0) is 104 Å². The summed E-state index contributed by atoms with van der Waals surface area (Å²) in [5.74, 6) is -2.42. The molecule has 3 aliphatic rings. The van der Waals surface area contributed by atoms with E-state index in [4.69, 9.17) is 57.8 Å². The summed E-state index contributed by atoms with van der Waals surface area (Å²) >= 11 is 0. The lowest BCUT2D eigenvalue weighted by Crippen LogP contribution is -2.34. The van der Waals surface area contributed by atoms with E-state index >= 15 is 0 Å². The van der Waals surface area contributed by atoms with Crippen LogP contribution in [0.1, 0.15) is 153 Å². The molecule has 0 amide bonds. The number of phosphoric ester groups is 1. The van der Waals surface area contributed by atoms with Crippen molar-refractivity contribution in [1.82, 2.24) is 15.0 Å². The molecule has 4 aromatic carbocycles. The van der Waals surface area contributed by atoms with Gasteiger partial charge < -0.3 is 62.5 Å². The molecule has 4 unspecified atom stereocenters. The van der Waals surface area contributed by atoms with Crippen molar-refractivity contribution >= 4 is 68.6 Å². The largest absolute Gasteiger partial charge is 0.490 e. The molecule has 3 aliphatic heterocycles. The number of benzene rings is 4. The minimum Gasteiger partial charge on any atom is -0.457 e. The maximum Gasteiger partial charge on any atom is 0.490 e. The summed E-state index contributed by atoms with van der Waals surface area (Å²) in [6, 6.07) is 21.6. The van der Waals surface area contributed by atoms with E-state index in [1.807, 2.05) is 57.2 Å². The maximum atomic E-state index is 13.7. The summed E-state index contributed by atoms with van der Waals surface area (Å²) in [5.41, 5.74) is 24.8. The van der Waals surface area contributed by atoms with E-state index in [1.165, 1.54) is 49.7 Å². The number of hydrogen-bond acceptors (Lipinski definition) is 25. The molecule has 0 saturated carbocycles. The van der Waals surface area contributed by atoms with Crippen LogP contribution in [0.3, 0.4) is 0 Å². The van der Waals surface area contributed by atoms with Gasteiger partial charge in [0.05, 0.1) is 105 Å². The monoisotopic (exact) mass is 1620 g/mol. The number of ether oxygens (including phenoxy) is 7. The van der Waals surface area contributed by atoms with Gasteiger partial charge in [-0.15, -0.1) is 0 Å². The molecule has 41 heteroatoms. The highest BCUT2D eigenvalue weighted by atomic mass is 32.2. The van der Waals surface area contributed by atoms with Gasteiger partial charge in [-0.25, -0.2) is 28.1 Å². The Morgan fingerprint density at radius 1 is 0.766 bits per heavy atom. The minimum absolute atomic E-state index is 0.0432. The summed E-state index contributed by atoms with van der Waals surface area (Å²) in [6.07, 6.45) is 8.48. The molecule has 8 rings (SSSR count). The predicted octanol–water partition coefficient (Wildman–Crippen LogP) is 10.8. The van der Waals surface area contributed by atoms with Gasteiger partial charge in [-0.2, -0.15) is 27.1 Å². The zero-order valence-electron chi connectivity index (χ0n) is 61.7. The lowest BCUT2D eigenvalue weighted by Gasteiger charge is -2.25. The van der Waals surface area contributed by atoms with E-state index in [0.717, 1.165) is 58.5 Å². The average molecular weight is 1630 g/mol. The summed E-state index contributed by atoms with van der Waals surface area (Å²) < 4.78 is 125. The Kier molecular flexibility index (Phi) is 31.4. The van der Waals surface area contributed by atoms with E-state index in [0.29, 0.717) is 18.5 Å². The molecular weight excluding hydrogens is 1540 g/mol. The highest BCUT2D eigenvalue weighted by Crippen LogP contribution is 2.66. The van der Waals surface area contributed by atoms with Gasteiger partial charge in [-0.05, 0) is 103 Å². The molecule has 111 heavy (non-hydrogen) atoms. The Labute approximate surface area is 638 Å². The van der Waals surface area contributed by atoms with Crippen LogP contribution in [0, 0.1) is 0 Å². The lowest BCUT2D eigenvalue weighted by atomic mass is 9.81. The van der Waals surface area contributed by atoms with E-state index in [-0.39, 0.29) is 110 Å². The van der Waals surface area contributed by atoms with Crippen LogP contribution in [0.25, 0.3) is 20.9 Å². The van der Waals surface area contributed by atoms with Crippen molar-refractivity contribution in [3.8, 4) is 0 Å². The number of hydrogen-bond donors (Lipinski definition) is 7. The van der Waals surface area contributed by atoms with Gasteiger partial charge >= 0.3 is 47.1 Å². The third kappa shape index (κ3) is 24.4. The fourth-order valence-electron chi connectivity index (χ4n) is 12.7. The number of para-hydroxylation sites is 1. The Morgan fingerprint density at radius 3 is 2.11 bits per heavy atom. The number of aromatic nitrogens is 2. The number of likely N-dealkylation sites (N-methyl/N-ethyl adjacent to an activating group) is 1. The smallest absolute Gasteiger partial charge is 0.457 e. The fraction of sp³-hybridized carbons (Fsp3) is 0.457. The number of anilines is 1. The van der Waals surface area contributed by atoms with Gasteiger partial charge in [-0.3, -0.25) is 28.2 Å². The van der Waals surface area contributed by atoms with Crippen LogP contribution in [0.4, 0.5) is 11.4 Å². The average Bonchev–Trinajstić information content (AvgIpc) is 1.58. The lowest BCUT2D eigenvalue weighted by molar-refractivity contribution is -0.438. The normalized spacial score (nSPS) is 18.6. The number of fused-ring (bicyclic) bond motifs is 2. The van der Waals surface area contributed by atoms with Crippen molar-refractivity contribution in [2.24, 2.45) is 10.2 Å². The standard InChI is InChI=1S/C70H88N11O26P3S/c1-8-79-58-29-27-50(111(94,95)96)40-56(58)70(6,7)61(79)23-11-9-12-24-62-69(4,5)55-21-16-17-22-57(55)80(62)31-18-10-13-25-64(82)105-73-30-32-97-33-34-98-35-36-99-37-38-100-43-48-26-28-53(54(39-48)47(3)76-78-72)66(84)101-44-49-42-81(68(86)74-65(49)83)63-41-59(104-67(85)52-20-15-14-19-51(52)46(2)75-77-71)60(103-63)45-102-109(90,91)107-110(92,93)106-108(87,88)89/h9,11-12,14-17,19-24,26-29,39-40,42,46-47,59-60,63,73H,8,10,13,18,25,30-38,41,43-45H2,1-7H3,(H5-,74,83,86,87,88,89,90,91,92,93,94,95,96)/p+1/t46?,47-,59?,60-,63-/m1/s1. The van der Waals surface area contributed by atoms with E-state index in [1.54, 1.807) is 30.3 Å². The predicted molar refractivity (Wildman–Crippen MR) is 399 cm³/mol. The Morgan fingerprint density at radius 2 is 1.42 bits per heavy atom. The SMILES string of the molecule is CCN1/C(=C/C=C/C=C/C2=[N+](CCCCCC(=O)ONCCOCCOCCOCCOCc3ccc(C(=O)OCc4cn([C@H]5CC(OC(=O)c6ccccc6C(C)N=[N+]=[N-])[C@@H](COP(=O)(O)OP(=O)(O)OP(=O)(O)O)O5)c(=O)[nH]c4=O)c([C@@H](C)N=[N+]=[N-])c3)c3ccccc3C2(C)C)C(C)(C)c2cc(S(=O)(=O)O)ccc21.